The Hall–Kier alpha value is 0.210. The number of rotatable bonds is 1. The van der Waals surface area contributed by atoms with Gasteiger partial charge in [-0.25, -0.2) is 8.42 Å². The molecule has 0 aromatic rings. The van der Waals surface area contributed by atoms with Gasteiger partial charge >= 0.3 is 0 Å². The summed E-state index contributed by atoms with van der Waals surface area (Å²) >= 11 is 9.16. The summed E-state index contributed by atoms with van der Waals surface area (Å²) in [6.07, 6.45) is 2.32. The van der Waals surface area contributed by atoms with Crippen LogP contribution in [0.3, 0.4) is 0 Å². The summed E-state index contributed by atoms with van der Waals surface area (Å²) < 4.78 is 26.2. The van der Waals surface area contributed by atoms with Crippen LogP contribution in [0.25, 0.3) is 0 Å². The van der Waals surface area contributed by atoms with Gasteiger partial charge in [0.2, 0.25) is 5.78 Å². The van der Waals surface area contributed by atoms with Crippen LogP contribution in [-0.4, -0.2) is 26.2 Å². The van der Waals surface area contributed by atoms with Gasteiger partial charge in [-0.1, -0.05) is 0 Å². The Balaban J connectivity index is 3.37. The van der Waals surface area contributed by atoms with E-state index in [-0.39, 0.29) is 20.5 Å². The summed E-state index contributed by atoms with van der Waals surface area (Å²) in [4.78, 5) is 11.4. The van der Waals surface area contributed by atoms with Gasteiger partial charge in [-0.3, -0.25) is 4.79 Å². The molecule has 0 saturated carbocycles. The molecule has 0 aromatic heterocycles. The molecular weight excluding hydrogens is 418 g/mol. The molecule has 1 aliphatic rings. The van der Waals surface area contributed by atoms with Gasteiger partial charge in [-0.2, -0.15) is 4.40 Å². The first-order valence-corrected chi connectivity index (χ1v) is 7.72. The molecular formula is C7H4Br3NO3S. The number of hydrogen-bond donors (Lipinski definition) is 0. The number of carbonyl (C=O) groups is 1. The van der Waals surface area contributed by atoms with E-state index in [1.807, 2.05) is 0 Å². The maximum Gasteiger partial charge on any atom is 0.250 e. The molecule has 1 rings (SSSR count). The molecule has 0 unspecified atom stereocenters. The maximum atomic E-state index is 11.4. The molecule has 4 nitrogen and oxygen atoms in total. The van der Waals surface area contributed by atoms with Crippen molar-refractivity contribution in [1.29, 1.82) is 0 Å². The van der Waals surface area contributed by atoms with Crippen LogP contribution >= 0.6 is 47.8 Å². The topological polar surface area (TPSA) is 63.6 Å². The number of halogens is 3. The second kappa shape index (κ2) is 4.60. The molecule has 0 N–H and O–H groups in total. The highest BCUT2D eigenvalue weighted by atomic mass is 79.9. The van der Waals surface area contributed by atoms with E-state index in [0.29, 0.717) is 4.48 Å². The highest BCUT2D eigenvalue weighted by molar-refractivity contribution is 9.15. The average Bonchev–Trinajstić information content (AvgIpc) is 2.08. The van der Waals surface area contributed by atoms with Crippen molar-refractivity contribution in [3.8, 4) is 0 Å². The van der Waals surface area contributed by atoms with E-state index >= 15 is 0 Å². The molecule has 0 saturated heterocycles. The zero-order chi connectivity index (χ0) is 11.8. The van der Waals surface area contributed by atoms with Crippen LogP contribution in [-0.2, 0) is 14.8 Å². The minimum absolute atomic E-state index is 0.177. The Morgan fingerprint density at radius 2 is 1.73 bits per heavy atom. The first-order chi connectivity index (χ1) is 6.72. The van der Waals surface area contributed by atoms with Gasteiger partial charge in [0.05, 0.1) is 25.4 Å². The molecule has 0 bridgehead atoms. The second-order valence-corrected chi connectivity index (χ2v) is 6.75. The van der Waals surface area contributed by atoms with Crippen molar-refractivity contribution in [2.75, 3.05) is 6.26 Å². The number of ketones is 1. The SMILES string of the molecule is CS(=O)(=O)/N=C1\C=C(Br)C(=O)C(Br)=C1Br. The Labute approximate surface area is 112 Å². The summed E-state index contributed by atoms with van der Waals surface area (Å²) in [6.45, 7) is 0. The second-order valence-electron chi connectivity index (χ2n) is 2.66. The first kappa shape index (κ1) is 13.3. The lowest BCUT2D eigenvalue weighted by molar-refractivity contribution is -0.110. The molecule has 0 heterocycles. The lowest BCUT2D eigenvalue weighted by atomic mass is 10.2. The van der Waals surface area contributed by atoms with Crippen molar-refractivity contribution in [1.82, 2.24) is 0 Å². The smallest absolute Gasteiger partial charge is 0.250 e. The van der Waals surface area contributed by atoms with Gasteiger partial charge < -0.3 is 0 Å². The fourth-order valence-corrected chi connectivity index (χ4v) is 2.91. The van der Waals surface area contributed by atoms with Crippen molar-refractivity contribution in [3.05, 3.63) is 19.5 Å². The molecule has 0 aromatic carbocycles. The number of hydrogen-bond acceptors (Lipinski definition) is 3. The van der Waals surface area contributed by atoms with E-state index in [1.165, 1.54) is 6.08 Å². The third kappa shape index (κ3) is 3.33. The van der Waals surface area contributed by atoms with E-state index in [2.05, 4.69) is 52.2 Å². The van der Waals surface area contributed by atoms with E-state index in [9.17, 15) is 13.2 Å². The largest absolute Gasteiger partial charge is 0.287 e. The van der Waals surface area contributed by atoms with E-state index in [0.717, 1.165) is 6.26 Å². The summed E-state index contributed by atoms with van der Waals surface area (Å²) in [5, 5.41) is 0. The van der Waals surface area contributed by atoms with Gasteiger partial charge in [0.15, 0.2) is 0 Å². The number of Topliss-reactive ketones (excluding diaryl/α,β-unsaturated/α-hetero) is 1. The van der Waals surface area contributed by atoms with Crippen LogP contribution in [0.5, 0.6) is 0 Å². The molecule has 0 fully saturated rings. The van der Waals surface area contributed by atoms with E-state index < -0.39 is 10.0 Å². The van der Waals surface area contributed by atoms with Crippen LogP contribution in [0.15, 0.2) is 23.9 Å². The van der Waals surface area contributed by atoms with Gasteiger partial charge in [-0.15, -0.1) is 0 Å². The van der Waals surface area contributed by atoms with Crippen molar-refractivity contribution in [2.24, 2.45) is 4.40 Å². The molecule has 0 amide bonds. The Morgan fingerprint density at radius 1 is 1.20 bits per heavy atom. The van der Waals surface area contributed by atoms with Crippen LogP contribution in [0.1, 0.15) is 0 Å². The van der Waals surface area contributed by atoms with E-state index in [4.69, 9.17) is 0 Å². The fraction of sp³-hybridized carbons (Fsp3) is 0.143. The number of carbonyl (C=O) groups excluding carboxylic acids is 1. The van der Waals surface area contributed by atoms with Gasteiger partial charge in [0.1, 0.15) is 0 Å². The Bertz CT molecular complexity index is 516. The highest BCUT2D eigenvalue weighted by Crippen LogP contribution is 2.30. The molecule has 0 radical (unpaired) electrons. The van der Waals surface area contributed by atoms with Gasteiger partial charge in [-0.05, 0) is 53.9 Å². The first-order valence-electron chi connectivity index (χ1n) is 3.50. The molecule has 0 spiro atoms. The molecule has 0 atom stereocenters. The minimum Gasteiger partial charge on any atom is -0.287 e. The van der Waals surface area contributed by atoms with Crippen LogP contribution in [0, 0.1) is 0 Å². The third-order valence-corrected chi connectivity index (χ3v) is 4.57. The van der Waals surface area contributed by atoms with Crippen molar-refractivity contribution in [2.45, 2.75) is 0 Å². The van der Waals surface area contributed by atoms with Crippen molar-refractivity contribution >= 4 is 69.3 Å². The number of allylic oxidation sites excluding steroid dienone is 4. The standard InChI is InChI=1S/C7H4Br3NO3S/c1-15(13,14)11-4-2-3(8)7(12)6(10)5(4)9/h2H,1H3/b11-4+. The summed E-state index contributed by atoms with van der Waals surface area (Å²) in [5.74, 6) is -0.269. The monoisotopic (exact) mass is 419 g/mol. The zero-order valence-electron chi connectivity index (χ0n) is 7.29. The predicted octanol–water partition coefficient (Wildman–Crippen LogP) is 2.25. The molecule has 0 aliphatic heterocycles. The van der Waals surface area contributed by atoms with Crippen LogP contribution in [0.2, 0.25) is 0 Å². The quantitative estimate of drug-likeness (QED) is 0.610. The van der Waals surface area contributed by atoms with Crippen molar-refractivity contribution < 1.29 is 13.2 Å². The minimum atomic E-state index is -3.49. The van der Waals surface area contributed by atoms with Crippen molar-refractivity contribution in [3.63, 3.8) is 0 Å². The lowest BCUT2D eigenvalue weighted by Gasteiger charge is -2.09. The molecule has 1 aliphatic carbocycles. The van der Waals surface area contributed by atoms with E-state index in [1.54, 1.807) is 0 Å². The molecule has 8 heteroatoms. The fourth-order valence-electron chi connectivity index (χ4n) is 0.811. The number of sulfonamides is 1. The third-order valence-electron chi connectivity index (χ3n) is 1.36. The predicted molar refractivity (Wildman–Crippen MR) is 69.2 cm³/mol. The normalized spacial score (nSPS) is 20.9. The lowest BCUT2D eigenvalue weighted by Crippen LogP contribution is -2.12. The summed E-state index contributed by atoms with van der Waals surface area (Å²) in [7, 11) is -3.49. The van der Waals surface area contributed by atoms with Crippen LogP contribution < -0.4 is 0 Å². The number of nitrogens with zero attached hydrogens (tertiary/aromatic N) is 1. The molecule has 15 heavy (non-hydrogen) atoms. The van der Waals surface area contributed by atoms with Gasteiger partial charge in [0.25, 0.3) is 10.0 Å². The highest BCUT2D eigenvalue weighted by Gasteiger charge is 2.23. The zero-order valence-corrected chi connectivity index (χ0v) is 12.9. The Kier molecular flexibility index (Phi) is 4.07. The maximum absolute atomic E-state index is 11.4. The summed E-state index contributed by atoms with van der Waals surface area (Å²) in [6, 6.07) is 0. The Morgan fingerprint density at radius 3 is 2.20 bits per heavy atom. The van der Waals surface area contributed by atoms with Crippen LogP contribution in [0.4, 0.5) is 0 Å². The molecule has 82 valence electrons. The average molecular weight is 422 g/mol. The summed E-state index contributed by atoms with van der Waals surface area (Å²) in [5.41, 5.74) is 0.177. The van der Waals surface area contributed by atoms with Gasteiger partial charge in [0, 0.05) is 0 Å².